The number of rotatable bonds is 7. The lowest BCUT2D eigenvalue weighted by Crippen LogP contribution is -2.40. The Hall–Kier alpha value is -1.58. The van der Waals surface area contributed by atoms with Crippen molar-refractivity contribution in [2.75, 3.05) is 0 Å². The van der Waals surface area contributed by atoms with Gasteiger partial charge in [0.25, 0.3) is 0 Å². The minimum atomic E-state index is -3.96. The highest BCUT2D eigenvalue weighted by Crippen LogP contribution is 2.21. The molecule has 0 saturated carbocycles. The van der Waals surface area contributed by atoms with Crippen molar-refractivity contribution >= 4 is 38.8 Å². The average Bonchev–Trinajstić information content (AvgIpc) is 2.91. The summed E-state index contributed by atoms with van der Waals surface area (Å²) >= 11 is 0.914. The monoisotopic (exact) mass is 329 g/mol. The molecule has 1 aromatic heterocycles. The number of unbranched alkanes of at least 4 members (excludes halogenated alkanes) is 1. The minimum Gasteiger partial charge on any atom is -0.480 e. The van der Waals surface area contributed by atoms with Gasteiger partial charge in [-0.2, -0.15) is 13.5 Å². The van der Waals surface area contributed by atoms with Gasteiger partial charge in [-0.1, -0.05) is 25.8 Å². The van der Waals surface area contributed by atoms with Crippen LogP contribution in [0.4, 0.5) is 0 Å². The van der Waals surface area contributed by atoms with Gasteiger partial charge < -0.3 is 5.11 Å². The van der Waals surface area contributed by atoms with Gasteiger partial charge in [0.2, 0.25) is 10.0 Å². The van der Waals surface area contributed by atoms with Crippen molar-refractivity contribution in [1.82, 2.24) is 13.5 Å². The maximum Gasteiger partial charge on any atom is 0.321 e. The van der Waals surface area contributed by atoms with Crippen molar-refractivity contribution in [2.24, 2.45) is 0 Å². The van der Waals surface area contributed by atoms with E-state index in [2.05, 4.69) is 13.5 Å². The predicted molar refractivity (Wildman–Crippen MR) is 78.7 cm³/mol. The van der Waals surface area contributed by atoms with Crippen LogP contribution in [-0.2, 0) is 14.8 Å². The fourth-order valence-electron chi connectivity index (χ4n) is 1.89. The van der Waals surface area contributed by atoms with Gasteiger partial charge in [0.1, 0.15) is 22.0 Å². The summed E-state index contributed by atoms with van der Waals surface area (Å²) in [7, 11) is -3.96. The van der Waals surface area contributed by atoms with Crippen molar-refractivity contribution in [3.05, 3.63) is 18.2 Å². The standard InChI is InChI=1S/C12H15N3O4S2/c1-2-3-5-9(12(16)17)15-21(18,19)10-7-4-6-8-11(10)14-20-13-8/h4,6-7,9,15H,2-3,5H2,1H3,(H,16,17)/t9-/m0/s1. The molecule has 2 N–H and O–H groups in total. The van der Waals surface area contributed by atoms with Crippen molar-refractivity contribution in [1.29, 1.82) is 0 Å². The first-order valence-corrected chi connectivity index (χ1v) is 8.63. The highest BCUT2D eigenvalue weighted by atomic mass is 32.2. The molecular weight excluding hydrogens is 314 g/mol. The first kappa shape index (κ1) is 15.8. The maximum absolute atomic E-state index is 12.4. The summed E-state index contributed by atoms with van der Waals surface area (Å²) in [5.41, 5.74) is 0.734. The average molecular weight is 329 g/mol. The van der Waals surface area contributed by atoms with Gasteiger partial charge in [-0.25, -0.2) is 8.42 Å². The van der Waals surface area contributed by atoms with E-state index in [1.807, 2.05) is 6.92 Å². The number of aliphatic carboxylic acids is 1. The number of carbonyl (C=O) groups is 1. The van der Waals surface area contributed by atoms with Crippen LogP contribution in [0.25, 0.3) is 11.0 Å². The second-order valence-electron chi connectivity index (χ2n) is 4.54. The number of hydrogen-bond donors (Lipinski definition) is 2. The highest BCUT2D eigenvalue weighted by molar-refractivity contribution is 7.89. The normalized spacial score (nSPS) is 13.4. The van der Waals surface area contributed by atoms with Crippen LogP contribution in [0.3, 0.4) is 0 Å². The Kier molecular flexibility index (Phi) is 4.86. The summed E-state index contributed by atoms with van der Waals surface area (Å²) in [5, 5.41) is 9.13. The molecule has 0 spiro atoms. The molecule has 0 amide bonds. The molecule has 0 radical (unpaired) electrons. The Morgan fingerprint density at radius 3 is 2.86 bits per heavy atom. The van der Waals surface area contributed by atoms with Crippen molar-refractivity contribution in [3.63, 3.8) is 0 Å². The molecule has 1 atom stereocenters. The molecule has 0 aliphatic heterocycles. The van der Waals surface area contributed by atoms with Crippen LogP contribution >= 0.6 is 11.7 Å². The Labute approximate surface area is 126 Å². The van der Waals surface area contributed by atoms with Gasteiger partial charge in [0.15, 0.2) is 0 Å². The topological polar surface area (TPSA) is 109 Å². The zero-order chi connectivity index (χ0) is 15.5. The fourth-order valence-corrected chi connectivity index (χ4v) is 3.88. The third-order valence-electron chi connectivity index (χ3n) is 2.98. The first-order valence-electron chi connectivity index (χ1n) is 6.42. The SMILES string of the molecule is CCCC[C@H](NS(=O)(=O)c1cccc2nsnc12)C(=O)O. The Bertz CT molecular complexity index is 742. The van der Waals surface area contributed by atoms with Gasteiger partial charge in [-0.15, -0.1) is 0 Å². The molecule has 1 aromatic carbocycles. The number of benzene rings is 1. The molecule has 0 unspecified atom stereocenters. The summed E-state index contributed by atoms with van der Waals surface area (Å²) in [6, 6.07) is 3.46. The fraction of sp³-hybridized carbons (Fsp3) is 0.417. The lowest BCUT2D eigenvalue weighted by Gasteiger charge is -2.14. The molecule has 9 heteroatoms. The number of nitrogens with one attached hydrogen (secondary N) is 1. The predicted octanol–water partition coefficient (Wildman–Crippen LogP) is 1.61. The van der Waals surface area contributed by atoms with Crippen molar-refractivity contribution in [2.45, 2.75) is 37.1 Å². The summed E-state index contributed by atoms with van der Waals surface area (Å²) in [5.74, 6) is -1.18. The maximum atomic E-state index is 12.4. The van der Waals surface area contributed by atoms with Gasteiger partial charge in [-0.05, 0) is 18.6 Å². The molecular formula is C12H15N3O4S2. The van der Waals surface area contributed by atoms with Crippen LogP contribution in [0.1, 0.15) is 26.2 Å². The van der Waals surface area contributed by atoms with Gasteiger partial charge >= 0.3 is 5.97 Å². The van der Waals surface area contributed by atoms with Crippen LogP contribution in [-0.4, -0.2) is 34.3 Å². The first-order chi connectivity index (χ1) is 9.95. The molecule has 0 saturated heterocycles. The van der Waals surface area contributed by atoms with Crippen LogP contribution in [0.15, 0.2) is 23.1 Å². The summed E-state index contributed by atoms with van der Waals surface area (Å²) in [6.45, 7) is 1.91. The van der Waals surface area contributed by atoms with E-state index in [9.17, 15) is 13.2 Å². The number of carboxylic acids is 1. The largest absolute Gasteiger partial charge is 0.480 e. The van der Waals surface area contributed by atoms with Crippen LogP contribution < -0.4 is 4.72 Å². The molecule has 7 nitrogen and oxygen atoms in total. The van der Waals surface area contributed by atoms with Gasteiger partial charge in [-0.3, -0.25) is 4.79 Å². The minimum absolute atomic E-state index is 0.0449. The Balaban J connectivity index is 2.33. The zero-order valence-corrected chi connectivity index (χ0v) is 12.9. The molecule has 2 rings (SSSR count). The van der Waals surface area contributed by atoms with E-state index < -0.39 is 22.0 Å². The van der Waals surface area contributed by atoms with E-state index in [1.54, 1.807) is 12.1 Å². The molecule has 21 heavy (non-hydrogen) atoms. The third-order valence-corrected chi connectivity index (χ3v) is 5.03. The molecule has 2 aromatic rings. The number of carboxylic acid groups (broad SMARTS) is 1. The molecule has 1 heterocycles. The van der Waals surface area contributed by atoms with Gasteiger partial charge in [0, 0.05) is 0 Å². The number of sulfonamides is 1. The summed E-state index contributed by atoms with van der Waals surface area (Å²) < 4.78 is 34.9. The summed E-state index contributed by atoms with van der Waals surface area (Å²) in [4.78, 5) is 11.1. The van der Waals surface area contributed by atoms with Gasteiger partial charge in [0.05, 0.1) is 11.7 Å². The van der Waals surface area contributed by atoms with E-state index in [0.29, 0.717) is 11.9 Å². The van der Waals surface area contributed by atoms with E-state index in [-0.39, 0.29) is 16.8 Å². The molecule has 114 valence electrons. The lowest BCUT2D eigenvalue weighted by molar-refractivity contribution is -0.139. The Morgan fingerprint density at radius 2 is 2.19 bits per heavy atom. The Morgan fingerprint density at radius 1 is 1.43 bits per heavy atom. The van der Waals surface area contributed by atoms with Crippen molar-refractivity contribution in [3.8, 4) is 0 Å². The van der Waals surface area contributed by atoms with E-state index >= 15 is 0 Å². The molecule has 0 aliphatic carbocycles. The highest BCUT2D eigenvalue weighted by Gasteiger charge is 2.27. The van der Waals surface area contributed by atoms with Crippen LogP contribution in [0, 0.1) is 0 Å². The van der Waals surface area contributed by atoms with Crippen LogP contribution in [0.5, 0.6) is 0 Å². The smallest absolute Gasteiger partial charge is 0.321 e. The molecule has 0 aliphatic rings. The van der Waals surface area contributed by atoms with E-state index in [4.69, 9.17) is 5.11 Å². The lowest BCUT2D eigenvalue weighted by atomic mass is 10.1. The zero-order valence-electron chi connectivity index (χ0n) is 11.3. The number of fused-ring (bicyclic) bond motifs is 1. The number of aromatic nitrogens is 2. The molecule has 0 bridgehead atoms. The number of hydrogen-bond acceptors (Lipinski definition) is 6. The van der Waals surface area contributed by atoms with E-state index in [0.717, 1.165) is 18.1 Å². The number of nitrogens with zero attached hydrogens (tertiary/aromatic N) is 2. The van der Waals surface area contributed by atoms with E-state index in [1.165, 1.54) is 6.07 Å². The quantitative estimate of drug-likeness (QED) is 0.799. The second kappa shape index (κ2) is 6.46. The summed E-state index contributed by atoms with van der Waals surface area (Å²) in [6.07, 6.45) is 1.66. The van der Waals surface area contributed by atoms with Crippen LogP contribution in [0.2, 0.25) is 0 Å². The third kappa shape index (κ3) is 3.55. The van der Waals surface area contributed by atoms with Crippen molar-refractivity contribution < 1.29 is 18.3 Å². The second-order valence-corrected chi connectivity index (χ2v) is 6.75. The molecule has 0 fully saturated rings.